The summed E-state index contributed by atoms with van der Waals surface area (Å²) in [6.45, 7) is 1.49. The van der Waals surface area contributed by atoms with Crippen molar-refractivity contribution in [1.82, 2.24) is 4.90 Å². The number of nitrogens with zero attached hydrogens (tertiary/aromatic N) is 1. The lowest BCUT2D eigenvalue weighted by atomic mass is 10.1. The van der Waals surface area contributed by atoms with E-state index in [0.717, 1.165) is 22.9 Å². The number of anilines is 1. The molecule has 1 saturated heterocycles. The zero-order valence-corrected chi connectivity index (χ0v) is 11.2. The average Bonchev–Trinajstić information content (AvgIpc) is 2.97. The van der Waals surface area contributed by atoms with Gasteiger partial charge in [-0.05, 0) is 17.9 Å². The van der Waals surface area contributed by atoms with Crippen LogP contribution in [-0.4, -0.2) is 35.7 Å². The summed E-state index contributed by atoms with van der Waals surface area (Å²) in [5, 5.41) is 14.3. The molecule has 104 valence electrons. The van der Waals surface area contributed by atoms with Crippen molar-refractivity contribution in [3.8, 4) is 0 Å². The van der Waals surface area contributed by atoms with Crippen LogP contribution in [0.4, 0.5) is 10.5 Å². The van der Waals surface area contributed by atoms with Crippen molar-refractivity contribution >= 4 is 22.5 Å². The molecule has 1 aliphatic heterocycles. The van der Waals surface area contributed by atoms with Crippen LogP contribution in [0.1, 0.15) is 6.42 Å². The molecule has 0 spiro atoms. The molecule has 4 heteroatoms. The van der Waals surface area contributed by atoms with Crippen molar-refractivity contribution in [2.75, 3.05) is 25.0 Å². The van der Waals surface area contributed by atoms with Crippen LogP contribution in [0.25, 0.3) is 10.8 Å². The van der Waals surface area contributed by atoms with E-state index in [1.807, 2.05) is 42.5 Å². The van der Waals surface area contributed by atoms with E-state index in [-0.39, 0.29) is 18.6 Å². The largest absolute Gasteiger partial charge is 0.396 e. The van der Waals surface area contributed by atoms with E-state index in [1.165, 1.54) is 0 Å². The highest BCUT2D eigenvalue weighted by Crippen LogP contribution is 2.24. The zero-order valence-electron chi connectivity index (χ0n) is 11.2. The van der Waals surface area contributed by atoms with Gasteiger partial charge in [0, 0.05) is 31.0 Å². The summed E-state index contributed by atoms with van der Waals surface area (Å²) in [5.41, 5.74) is 0.834. The molecule has 1 atom stereocenters. The van der Waals surface area contributed by atoms with E-state index in [1.54, 1.807) is 4.90 Å². The predicted octanol–water partition coefficient (Wildman–Crippen LogP) is 2.69. The van der Waals surface area contributed by atoms with Gasteiger partial charge in [0.15, 0.2) is 0 Å². The number of carbonyl (C=O) groups is 1. The van der Waals surface area contributed by atoms with Crippen LogP contribution in [0.15, 0.2) is 42.5 Å². The third-order valence-electron chi connectivity index (χ3n) is 3.86. The Morgan fingerprint density at radius 3 is 2.85 bits per heavy atom. The number of benzene rings is 2. The van der Waals surface area contributed by atoms with Gasteiger partial charge < -0.3 is 15.3 Å². The van der Waals surface area contributed by atoms with Crippen LogP contribution in [-0.2, 0) is 0 Å². The van der Waals surface area contributed by atoms with E-state index in [2.05, 4.69) is 5.32 Å². The number of urea groups is 1. The fourth-order valence-corrected chi connectivity index (χ4v) is 2.69. The zero-order chi connectivity index (χ0) is 13.9. The molecule has 0 aromatic heterocycles. The number of fused-ring (bicyclic) bond motifs is 1. The molecule has 1 unspecified atom stereocenters. The fourth-order valence-electron chi connectivity index (χ4n) is 2.69. The number of hydrogen-bond acceptors (Lipinski definition) is 2. The first-order chi connectivity index (χ1) is 9.78. The summed E-state index contributed by atoms with van der Waals surface area (Å²) in [4.78, 5) is 14.0. The van der Waals surface area contributed by atoms with Gasteiger partial charge in [-0.15, -0.1) is 0 Å². The highest BCUT2D eigenvalue weighted by molar-refractivity contribution is 6.01. The Balaban J connectivity index is 1.78. The van der Waals surface area contributed by atoms with Gasteiger partial charge in [0.2, 0.25) is 0 Å². The van der Waals surface area contributed by atoms with Crippen LogP contribution in [0.5, 0.6) is 0 Å². The maximum atomic E-state index is 12.3. The van der Waals surface area contributed by atoms with Gasteiger partial charge in [-0.3, -0.25) is 0 Å². The van der Waals surface area contributed by atoms with Crippen LogP contribution in [0.2, 0.25) is 0 Å². The highest BCUT2D eigenvalue weighted by Gasteiger charge is 2.25. The quantitative estimate of drug-likeness (QED) is 0.881. The van der Waals surface area contributed by atoms with Crippen LogP contribution < -0.4 is 5.32 Å². The van der Waals surface area contributed by atoms with Crippen LogP contribution in [0.3, 0.4) is 0 Å². The van der Waals surface area contributed by atoms with Gasteiger partial charge in [0.1, 0.15) is 0 Å². The van der Waals surface area contributed by atoms with Crippen molar-refractivity contribution in [3.63, 3.8) is 0 Å². The van der Waals surface area contributed by atoms with Gasteiger partial charge in [0.25, 0.3) is 0 Å². The highest BCUT2D eigenvalue weighted by atomic mass is 16.3. The Morgan fingerprint density at radius 1 is 1.25 bits per heavy atom. The molecule has 2 aromatic rings. The lowest BCUT2D eigenvalue weighted by molar-refractivity contribution is 0.209. The summed E-state index contributed by atoms with van der Waals surface area (Å²) < 4.78 is 0. The van der Waals surface area contributed by atoms with Crippen molar-refractivity contribution < 1.29 is 9.90 Å². The monoisotopic (exact) mass is 270 g/mol. The molecule has 0 aliphatic carbocycles. The van der Waals surface area contributed by atoms with E-state index in [4.69, 9.17) is 5.11 Å². The topological polar surface area (TPSA) is 52.6 Å². The molecule has 2 amide bonds. The summed E-state index contributed by atoms with van der Waals surface area (Å²) in [6.07, 6.45) is 0.874. The Labute approximate surface area is 118 Å². The number of likely N-dealkylation sites (tertiary alicyclic amines) is 1. The summed E-state index contributed by atoms with van der Waals surface area (Å²) in [7, 11) is 0. The molecular formula is C16H18N2O2. The third-order valence-corrected chi connectivity index (χ3v) is 3.86. The summed E-state index contributed by atoms with van der Waals surface area (Å²) in [5.74, 6) is 0.216. The Hall–Kier alpha value is -2.07. The number of aliphatic hydroxyl groups excluding tert-OH is 1. The Morgan fingerprint density at radius 2 is 2.05 bits per heavy atom. The molecule has 0 bridgehead atoms. The second-order valence-electron chi connectivity index (χ2n) is 5.24. The summed E-state index contributed by atoms with van der Waals surface area (Å²) in [6, 6.07) is 13.8. The second kappa shape index (κ2) is 5.51. The number of nitrogens with one attached hydrogen (secondary N) is 1. The fraction of sp³-hybridized carbons (Fsp3) is 0.312. The minimum absolute atomic E-state index is 0.0858. The van der Waals surface area contributed by atoms with Gasteiger partial charge in [-0.2, -0.15) is 0 Å². The van der Waals surface area contributed by atoms with Gasteiger partial charge in [-0.1, -0.05) is 36.4 Å². The Kier molecular flexibility index (Phi) is 3.56. The molecule has 1 fully saturated rings. The molecule has 1 aliphatic rings. The third kappa shape index (κ3) is 2.47. The number of rotatable bonds is 2. The normalized spacial score (nSPS) is 18.4. The molecule has 0 saturated carbocycles. The number of amides is 2. The standard InChI is InChI=1S/C16H18N2O2/c19-11-12-8-9-18(10-12)16(20)17-15-7-3-5-13-4-1-2-6-14(13)15/h1-7,12,19H,8-11H2,(H,17,20). The van der Waals surface area contributed by atoms with E-state index in [9.17, 15) is 4.79 Å². The molecule has 2 aromatic carbocycles. The predicted molar refractivity (Wildman–Crippen MR) is 79.7 cm³/mol. The van der Waals surface area contributed by atoms with Gasteiger partial charge >= 0.3 is 6.03 Å². The first-order valence-corrected chi connectivity index (χ1v) is 6.92. The minimum Gasteiger partial charge on any atom is -0.396 e. The first-order valence-electron chi connectivity index (χ1n) is 6.92. The lowest BCUT2D eigenvalue weighted by Crippen LogP contribution is -2.33. The molecule has 4 nitrogen and oxygen atoms in total. The number of carbonyl (C=O) groups excluding carboxylic acids is 1. The van der Waals surface area contributed by atoms with E-state index in [0.29, 0.717) is 13.1 Å². The van der Waals surface area contributed by atoms with Crippen molar-refractivity contribution in [2.45, 2.75) is 6.42 Å². The number of hydrogen-bond donors (Lipinski definition) is 2. The molecule has 20 heavy (non-hydrogen) atoms. The SMILES string of the molecule is O=C(Nc1cccc2ccccc12)N1CCC(CO)C1. The van der Waals surface area contributed by atoms with Crippen molar-refractivity contribution in [3.05, 3.63) is 42.5 Å². The summed E-state index contributed by atoms with van der Waals surface area (Å²) >= 11 is 0. The van der Waals surface area contributed by atoms with E-state index >= 15 is 0 Å². The maximum Gasteiger partial charge on any atom is 0.321 e. The van der Waals surface area contributed by atoms with Gasteiger partial charge in [0.05, 0.1) is 5.69 Å². The molecule has 1 heterocycles. The molecular weight excluding hydrogens is 252 g/mol. The number of aliphatic hydroxyl groups is 1. The molecule has 0 radical (unpaired) electrons. The average molecular weight is 270 g/mol. The van der Waals surface area contributed by atoms with E-state index < -0.39 is 0 Å². The van der Waals surface area contributed by atoms with Crippen molar-refractivity contribution in [2.24, 2.45) is 5.92 Å². The molecule has 2 N–H and O–H groups in total. The van der Waals surface area contributed by atoms with Crippen LogP contribution >= 0.6 is 0 Å². The Bertz CT molecular complexity index is 621. The molecule has 3 rings (SSSR count). The van der Waals surface area contributed by atoms with Gasteiger partial charge in [-0.25, -0.2) is 4.79 Å². The smallest absolute Gasteiger partial charge is 0.321 e. The lowest BCUT2D eigenvalue weighted by Gasteiger charge is -2.18. The van der Waals surface area contributed by atoms with Crippen LogP contribution in [0, 0.1) is 5.92 Å². The first kappa shape index (κ1) is 12.9. The van der Waals surface area contributed by atoms with Crippen molar-refractivity contribution in [1.29, 1.82) is 0 Å². The maximum absolute atomic E-state index is 12.3. The second-order valence-corrected chi connectivity index (χ2v) is 5.24. The minimum atomic E-state index is -0.0858.